The summed E-state index contributed by atoms with van der Waals surface area (Å²) in [7, 11) is 0. The molecule has 1 saturated heterocycles. The zero-order valence-corrected chi connectivity index (χ0v) is 16.4. The molecule has 1 saturated carbocycles. The van der Waals surface area contributed by atoms with Crippen LogP contribution in [0.2, 0.25) is 0 Å². The molecule has 4 nitrogen and oxygen atoms in total. The first kappa shape index (κ1) is 18.6. The predicted octanol–water partition coefficient (Wildman–Crippen LogP) is 3.73. The molecule has 1 heterocycles. The molecule has 2 aliphatic rings. The number of nitrogens with one attached hydrogen (secondary N) is 1. The summed E-state index contributed by atoms with van der Waals surface area (Å²) < 4.78 is 13.8. The molecular weight excluding hydrogens is 434 g/mol. The van der Waals surface area contributed by atoms with Gasteiger partial charge in [-0.15, -0.1) is 0 Å². The molecule has 1 aromatic rings. The summed E-state index contributed by atoms with van der Waals surface area (Å²) >= 11 is 1.98. The van der Waals surface area contributed by atoms with Crippen LogP contribution in [-0.2, 0) is 4.79 Å². The number of rotatable bonds is 3. The van der Waals surface area contributed by atoms with E-state index in [1.54, 1.807) is 0 Å². The van der Waals surface area contributed by atoms with Crippen LogP contribution in [0.4, 0.5) is 4.39 Å². The summed E-state index contributed by atoms with van der Waals surface area (Å²) in [5.74, 6) is 0.00943. The Hall–Kier alpha value is -1.18. The molecule has 6 heteroatoms. The summed E-state index contributed by atoms with van der Waals surface area (Å²) in [4.78, 5) is 26.9. The number of likely N-dealkylation sites (tertiary alicyclic amines) is 1. The Labute approximate surface area is 161 Å². The van der Waals surface area contributed by atoms with Gasteiger partial charge in [-0.05, 0) is 66.5 Å². The van der Waals surface area contributed by atoms with Crippen molar-refractivity contribution in [1.29, 1.82) is 0 Å². The smallest absolute Gasteiger partial charge is 0.252 e. The molecule has 0 spiro atoms. The topological polar surface area (TPSA) is 49.4 Å². The molecule has 25 heavy (non-hydrogen) atoms. The van der Waals surface area contributed by atoms with Gasteiger partial charge in [0.15, 0.2) is 0 Å². The Balaban J connectivity index is 1.50. The minimum Gasteiger partial charge on any atom is -0.349 e. The summed E-state index contributed by atoms with van der Waals surface area (Å²) in [5, 5.41) is 3.03. The van der Waals surface area contributed by atoms with E-state index in [0.29, 0.717) is 28.1 Å². The SMILES string of the molecule is O=C(NC1CCN(C(=O)C2CCCCC2)CC1)c1ccc(F)cc1I. The maximum Gasteiger partial charge on any atom is 0.252 e. The second-order valence-electron chi connectivity index (χ2n) is 7.03. The fraction of sp³-hybridized carbons (Fsp3) is 0.579. The standard InChI is InChI=1S/C19H24FIN2O2/c20-14-6-7-16(17(21)12-14)18(24)22-15-8-10-23(11-9-15)19(25)13-4-2-1-3-5-13/h6-7,12-13,15H,1-5,8-11H2,(H,22,24). The number of carbonyl (C=O) groups is 2. The highest BCUT2D eigenvalue weighted by atomic mass is 127. The molecule has 0 radical (unpaired) electrons. The largest absolute Gasteiger partial charge is 0.349 e. The van der Waals surface area contributed by atoms with Crippen molar-refractivity contribution in [3.8, 4) is 0 Å². The number of benzene rings is 1. The van der Waals surface area contributed by atoms with Gasteiger partial charge in [0, 0.05) is 28.6 Å². The lowest BCUT2D eigenvalue weighted by molar-refractivity contribution is -0.137. The van der Waals surface area contributed by atoms with E-state index in [-0.39, 0.29) is 23.7 Å². The molecule has 2 amide bonds. The van der Waals surface area contributed by atoms with Crippen molar-refractivity contribution < 1.29 is 14.0 Å². The third kappa shape index (κ3) is 4.71. The van der Waals surface area contributed by atoms with Gasteiger partial charge >= 0.3 is 0 Å². The van der Waals surface area contributed by atoms with Gasteiger partial charge < -0.3 is 10.2 Å². The van der Waals surface area contributed by atoms with Crippen molar-refractivity contribution in [2.45, 2.75) is 51.0 Å². The van der Waals surface area contributed by atoms with Crippen molar-refractivity contribution in [2.24, 2.45) is 5.92 Å². The zero-order valence-electron chi connectivity index (χ0n) is 14.3. The van der Waals surface area contributed by atoms with Gasteiger partial charge in [0.1, 0.15) is 5.82 Å². The van der Waals surface area contributed by atoms with Crippen LogP contribution in [0.25, 0.3) is 0 Å². The maximum atomic E-state index is 13.2. The van der Waals surface area contributed by atoms with Crippen LogP contribution < -0.4 is 5.32 Å². The second kappa shape index (κ2) is 8.47. The van der Waals surface area contributed by atoms with Gasteiger partial charge in [-0.3, -0.25) is 9.59 Å². The van der Waals surface area contributed by atoms with Crippen molar-refractivity contribution in [2.75, 3.05) is 13.1 Å². The van der Waals surface area contributed by atoms with Gasteiger partial charge in [0.25, 0.3) is 5.91 Å². The number of halogens is 2. The predicted molar refractivity (Wildman–Crippen MR) is 103 cm³/mol. The summed E-state index contributed by atoms with van der Waals surface area (Å²) in [6, 6.07) is 4.26. The molecular formula is C19H24FIN2O2. The molecule has 3 rings (SSSR count). The fourth-order valence-corrected chi connectivity index (χ4v) is 4.51. The molecule has 1 N–H and O–H groups in total. The molecule has 1 aliphatic heterocycles. The van der Waals surface area contributed by atoms with E-state index in [1.807, 2.05) is 27.5 Å². The Kier molecular flexibility index (Phi) is 6.30. The van der Waals surface area contributed by atoms with E-state index >= 15 is 0 Å². The van der Waals surface area contributed by atoms with Crippen LogP contribution >= 0.6 is 22.6 Å². The maximum absolute atomic E-state index is 13.2. The van der Waals surface area contributed by atoms with Crippen molar-refractivity contribution >= 4 is 34.4 Å². The van der Waals surface area contributed by atoms with E-state index in [0.717, 1.165) is 25.7 Å². The average Bonchev–Trinajstić information content (AvgIpc) is 2.62. The summed E-state index contributed by atoms with van der Waals surface area (Å²) in [6.45, 7) is 1.42. The van der Waals surface area contributed by atoms with Crippen LogP contribution in [0.3, 0.4) is 0 Å². The molecule has 0 aromatic heterocycles. The second-order valence-corrected chi connectivity index (χ2v) is 8.19. The molecule has 0 atom stereocenters. The zero-order chi connectivity index (χ0) is 17.8. The molecule has 1 aromatic carbocycles. The lowest BCUT2D eigenvalue weighted by Gasteiger charge is -2.35. The highest BCUT2D eigenvalue weighted by Gasteiger charge is 2.29. The molecule has 136 valence electrons. The Morgan fingerprint density at radius 2 is 1.76 bits per heavy atom. The number of piperidine rings is 1. The summed E-state index contributed by atoms with van der Waals surface area (Å²) in [5.41, 5.74) is 0.503. The van der Waals surface area contributed by atoms with E-state index in [4.69, 9.17) is 0 Å². The van der Waals surface area contributed by atoms with E-state index in [2.05, 4.69) is 5.32 Å². The van der Waals surface area contributed by atoms with Gasteiger partial charge in [0.05, 0.1) is 5.56 Å². The lowest BCUT2D eigenvalue weighted by atomic mass is 9.87. The van der Waals surface area contributed by atoms with E-state index in [1.165, 1.54) is 37.5 Å². The highest BCUT2D eigenvalue weighted by molar-refractivity contribution is 14.1. The van der Waals surface area contributed by atoms with E-state index in [9.17, 15) is 14.0 Å². The van der Waals surface area contributed by atoms with Crippen LogP contribution in [0, 0.1) is 15.3 Å². The highest BCUT2D eigenvalue weighted by Crippen LogP contribution is 2.26. The first-order chi connectivity index (χ1) is 12.0. The minimum atomic E-state index is -0.338. The Bertz CT molecular complexity index is 638. The number of hydrogen-bond acceptors (Lipinski definition) is 2. The third-order valence-electron chi connectivity index (χ3n) is 5.27. The normalized spacial score (nSPS) is 19.7. The molecule has 0 unspecified atom stereocenters. The van der Waals surface area contributed by atoms with Crippen LogP contribution in [0.15, 0.2) is 18.2 Å². The molecule has 2 fully saturated rings. The van der Waals surface area contributed by atoms with Crippen LogP contribution in [-0.4, -0.2) is 35.8 Å². The number of carbonyl (C=O) groups excluding carboxylic acids is 2. The Morgan fingerprint density at radius 1 is 1.08 bits per heavy atom. The van der Waals surface area contributed by atoms with Crippen molar-refractivity contribution in [3.63, 3.8) is 0 Å². The average molecular weight is 458 g/mol. The monoisotopic (exact) mass is 458 g/mol. The Morgan fingerprint density at radius 3 is 2.40 bits per heavy atom. The van der Waals surface area contributed by atoms with Gasteiger partial charge in [-0.2, -0.15) is 0 Å². The number of nitrogens with zero attached hydrogens (tertiary/aromatic N) is 1. The fourth-order valence-electron chi connectivity index (χ4n) is 3.79. The minimum absolute atomic E-state index is 0.0729. The third-order valence-corrected chi connectivity index (χ3v) is 6.16. The van der Waals surface area contributed by atoms with Crippen molar-refractivity contribution in [1.82, 2.24) is 10.2 Å². The number of amides is 2. The first-order valence-corrected chi connectivity index (χ1v) is 10.2. The molecule has 1 aliphatic carbocycles. The summed E-state index contributed by atoms with van der Waals surface area (Å²) in [6.07, 6.45) is 7.19. The quantitative estimate of drug-likeness (QED) is 0.702. The van der Waals surface area contributed by atoms with E-state index < -0.39 is 0 Å². The van der Waals surface area contributed by atoms with Gasteiger partial charge in [-0.25, -0.2) is 4.39 Å². The van der Waals surface area contributed by atoms with Gasteiger partial charge in [-0.1, -0.05) is 19.3 Å². The van der Waals surface area contributed by atoms with Gasteiger partial charge in [0.2, 0.25) is 5.91 Å². The van der Waals surface area contributed by atoms with Crippen molar-refractivity contribution in [3.05, 3.63) is 33.1 Å². The lowest BCUT2D eigenvalue weighted by Crippen LogP contribution is -2.48. The molecule has 0 bridgehead atoms. The van der Waals surface area contributed by atoms with Crippen LogP contribution in [0.5, 0.6) is 0 Å². The first-order valence-electron chi connectivity index (χ1n) is 9.09. The number of hydrogen-bond donors (Lipinski definition) is 1. The van der Waals surface area contributed by atoms with Crippen LogP contribution in [0.1, 0.15) is 55.3 Å².